The molecule has 0 spiro atoms. The maximum atomic E-state index is 12.7. The number of ether oxygens (including phenoxy) is 1. The van der Waals surface area contributed by atoms with Crippen LogP contribution >= 0.6 is 23.2 Å². The Morgan fingerprint density at radius 3 is 2.71 bits per heavy atom. The molecular formula is C18H27Cl2F2N5O. The number of aliphatic imine (C=N–C) groups is 1. The minimum absolute atomic E-state index is 0.0404. The lowest BCUT2D eigenvalue weighted by atomic mass is 10.2. The number of benzene rings is 1. The van der Waals surface area contributed by atoms with Crippen molar-refractivity contribution in [1.29, 1.82) is 0 Å². The highest BCUT2D eigenvalue weighted by Gasteiger charge is 2.16. The minimum atomic E-state index is -2.97. The molecule has 0 bridgehead atoms. The van der Waals surface area contributed by atoms with Crippen LogP contribution in [0.1, 0.15) is 12.0 Å². The van der Waals surface area contributed by atoms with Crippen molar-refractivity contribution >= 4 is 29.2 Å². The van der Waals surface area contributed by atoms with Crippen molar-refractivity contribution in [3.05, 3.63) is 27.7 Å². The number of halogens is 4. The quantitative estimate of drug-likeness (QED) is 0.507. The van der Waals surface area contributed by atoms with Gasteiger partial charge >= 0.3 is 6.61 Å². The lowest BCUT2D eigenvalue weighted by Crippen LogP contribution is -2.42. The molecule has 1 aromatic rings. The Labute approximate surface area is 174 Å². The van der Waals surface area contributed by atoms with E-state index in [1.165, 1.54) is 6.07 Å². The molecule has 6 nitrogen and oxygen atoms in total. The fourth-order valence-electron chi connectivity index (χ4n) is 3.02. The first-order chi connectivity index (χ1) is 13.4. The number of nitrogens with zero attached hydrogens (tertiary/aromatic N) is 3. The summed E-state index contributed by atoms with van der Waals surface area (Å²) in [5, 5.41) is 6.70. The predicted octanol–water partition coefficient (Wildman–Crippen LogP) is 2.90. The highest BCUT2D eigenvalue weighted by atomic mass is 35.5. The first-order valence-electron chi connectivity index (χ1n) is 9.17. The highest BCUT2D eigenvalue weighted by Crippen LogP contribution is 2.33. The molecule has 10 heteroatoms. The van der Waals surface area contributed by atoms with Gasteiger partial charge in [0.25, 0.3) is 0 Å². The molecule has 2 N–H and O–H groups in total. The molecule has 1 aliphatic rings. The topological polar surface area (TPSA) is 52.1 Å². The molecule has 1 saturated heterocycles. The molecule has 0 saturated carbocycles. The average Bonchev–Trinajstić information content (AvgIpc) is 2.84. The van der Waals surface area contributed by atoms with Gasteiger partial charge in [-0.1, -0.05) is 23.2 Å². The van der Waals surface area contributed by atoms with Gasteiger partial charge in [0.1, 0.15) is 5.75 Å². The van der Waals surface area contributed by atoms with Gasteiger partial charge in [0.05, 0.1) is 5.02 Å². The lowest BCUT2D eigenvalue weighted by molar-refractivity contribution is -0.0504. The summed E-state index contributed by atoms with van der Waals surface area (Å²) in [5.41, 5.74) is 0.427. The van der Waals surface area contributed by atoms with E-state index in [-0.39, 0.29) is 17.3 Å². The fraction of sp³-hybridized carbons (Fsp3) is 0.611. The maximum Gasteiger partial charge on any atom is 0.387 e. The van der Waals surface area contributed by atoms with Gasteiger partial charge in [0.2, 0.25) is 0 Å². The molecule has 1 aliphatic heterocycles. The predicted molar refractivity (Wildman–Crippen MR) is 110 cm³/mol. The van der Waals surface area contributed by atoms with E-state index >= 15 is 0 Å². The van der Waals surface area contributed by atoms with Crippen molar-refractivity contribution in [2.75, 3.05) is 53.4 Å². The number of hydrogen-bond donors (Lipinski definition) is 2. The molecule has 0 atom stereocenters. The Hall–Kier alpha value is -1.35. The smallest absolute Gasteiger partial charge is 0.387 e. The summed E-state index contributed by atoms with van der Waals surface area (Å²) in [4.78, 5) is 8.91. The summed E-state index contributed by atoms with van der Waals surface area (Å²) >= 11 is 12.0. The molecule has 28 heavy (non-hydrogen) atoms. The Morgan fingerprint density at radius 2 is 2.00 bits per heavy atom. The number of nitrogens with one attached hydrogen (secondary N) is 2. The van der Waals surface area contributed by atoms with E-state index in [1.54, 1.807) is 13.1 Å². The van der Waals surface area contributed by atoms with Crippen LogP contribution in [-0.4, -0.2) is 75.7 Å². The fourth-order valence-corrected chi connectivity index (χ4v) is 3.60. The van der Waals surface area contributed by atoms with E-state index in [2.05, 4.69) is 37.2 Å². The van der Waals surface area contributed by atoms with Gasteiger partial charge < -0.3 is 25.2 Å². The third-order valence-electron chi connectivity index (χ3n) is 4.49. The number of guanidine groups is 1. The molecule has 0 amide bonds. The van der Waals surface area contributed by atoms with E-state index in [0.29, 0.717) is 16.5 Å². The van der Waals surface area contributed by atoms with Gasteiger partial charge in [-0.25, -0.2) is 0 Å². The molecule has 0 aliphatic carbocycles. The summed E-state index contributed by atoms with van der Waals surface area (Å²) in [5.74, 6) is 0.476. The summed E-state index contributed by atoms with van der Waals surface area (Å²) < 4.78 is 29.9. The van der Waals surface area contributed by atoms with Crippen molar-refractivity contribution in [3.8, 4) is 5.75 Å². The molecule has 0 radical (unpaired) electrons. The Bertz CT molecular complexity index is 663. The van der Waals surface area contributed by atoms with Crippen LogP contribution in [0.5, 0.6) is 5.75 Å². The van der Waals surface area contributed by atoms with E-state index in [4.69, 9.17) is 23.2 Å². The lowest BCUT2D eigenvalue weighted by Gasteiger charge is -2.21. The Morgan fingerprint density at radius 1 is 1.21 bits per heavy atom. The van der Waals surface area contributed by atoms with Crippen molar-refractivity contribution in [1.82, 2.24) is 20.4 Å². The van der Waals surface area contributed by atoms with Crippen molar-refractivity contribution in [2.24, 2.45) is 4.99 Å². The van der Waals surface area contributed by atoms with Crippen LogP contribution < -0.4 is 15.4 Å². The average molecular weight is 438 g/mol. The third kappa shape index (κ3) is 7.58. The molecule has 0 unspecified atom stereocenters. The van der Waals surface area contributed by atoms with Gasteiger partial charge in [0, 0.05) is 50.4 Å². The molecule has 158 valence electrons. The first-order valence-corrected chi connectivity index (χ1v) is 9.92. The first kappa shape index (κ1) is 22.9. The van der Waals surface area contributed by atoms with Gasteiger partial charge in [-0.3, -0.25) is 4.99 Å². The zero-order valence-corrected chi connectivity index (χ0v) is 17.7. The normalized spacial score (nSPS) is 16.9. The van der Waals surface area contributed by atoms with Gasteiger partial charge in [-0.15, -0.1) is 0 Å². The van der Waals surface area contributed by atoms with Crippen molar-refractivity contribution in [2.45, 2.75) is 19.6 Å². The highest BCUT2D eigenvalue weighted by molar-refractivity contribution is 6.35. The second-order valence-corrected chi connectivity index (χ2v) is 7.45. The van der Waals surface area contributed by atoms with Crippen LogP contribution in [0, 0.1) is 0 Å². The summed E-state index contributed by atoms with van der Waals surface area (Å²) in [6.45, 7) is 3.15. The number of rotatable bonds is 7. The number of alkyl halides is 2. The van der Waals surface area contributed by atoms with Gasteiger partial charge in [-0.2, -0.15) is 8.78 Å². The second kappa shape index (κ2) is 11.6. The third-order valence-corrected chi connectivity index (χ3v) is 4.99. The number of likely N-dealkylation sites (N-methyl/N-ethyl adjacent to an activating group) is 1. The monoisotopic (exact) mass is 437 g/mol. The van der Waals surface area contributed by atoms with Gasteiger partial charge in [0.15, 0.2) is 5.96 Å². The second-order valence-electron chi connectivity index (χ2n) is 6.61. The van der Waals surface area contributed by atoms with E-state index in [1.807, 2.05) is 0 Å². The van der Waals surface area contributed by atoms with Crippen molar-refractivity contribution in [3.63, 3.8) is 0 Å². The van der Waals surface area contributed by atoms with Crippen LogP contribution in [0.4, 0.5) is 8.78 Å². The minimum Gasteiger partial charge on any atom is -0.433 e. The zero-order chi connectivity index (χ0) is 20.5. The number of hydrogen-bond acceptors (Lipinski definition) is 4. The van der Waals surface area contributed by atoms with E-state index in [0.717, 1.165) is 45.7 Å². The standard InChI is InChI=1S/C18H27Cl2F2N5O/c1-23-18(24-4-7-27-6-3-5-26(2)8-9-27)25-12-13-10-14(19)11-15(20)16(13)28-17(21)22/h10-11,17H,3-9,12H2,1-2H3,(H2,23,24,25). The van der Waals surface area contributed by atoms with E-state index < -0.39 is 6.61 Å². The summed E-state index contributed by atoms with van der Waals surface area (Å²) in [6, 6.07) is 2.91. The Kier molecular flexibility index (Phi) is 9.50. The summed E-state index contributed by atoms with van der Waals surface area (Å²) in [7, 11) is 3.79. The zero-order valence-electron chi connectivity index (χ0n) is 16.2. The van der Waals surface area contributed by atoms with Crippen LogP contribution in [0.3, 0.4) is 0 Å². The Balaban J connectivity index is 1.86. The molecular weight excluding hydrogens is 411 g/mol. The van der Waals surface area contributed by atoms with Crippen molar-refractivity contribution < 1.29 is 13.5 Å². The van der Waals surface area contributed by atoms with Crippen LogP contribution in [0.15, 0.2) is 17.1 Å². The summed E-state index contributed by atoms with van der Waals surface area (Å²) in [6.07, 6.45) is 1.16. The van der Waals surface area contributed by atoms with E-state index in [9.17, 15) is 8.78 Å². The molecule has 1 fully saturated rings. The molecule has 1 heterocycles. The molecule has 1 aromatic carbocycles. The SMILES string of the molecule is CN=C(NCCN1CCCN(C)CC1)NCc1cc(Cl)cc(Cl)c1OC(F)F. The van der Waals surface area contributed by atoms with Crippen LogP contribution in [0.25, 0.3) is 0 Å². The maximum absolute atomic E-state index is 12.7. The van der Waals surface area contributed by atoms with Crippen LogP contribution in [-0.2, 0) is 6.54 Å². The molecule has 0 aromatic heterocycles. The van der Waals surface area contributed by atoms with Crippen LogP contribution in [0.2, 0.25) is 10.0 Å². The van der Waals surface area contributed by atoms with Gasteiger partial charge in [-0.05, 0) is 38.7 Å². The largest absolute Gasteiger partial charge is 0.433 e. The molecule has 2 rings (SSSR count).